The van der Waals surface area contributed by atoms with Gasteiger partial charge in [-0.1, -0.05) is 12.1 Å². The lowest BCUT2D eigenvalue weighted by molar-refractivity contribution is -0.127. The molecule has 9 nitrogen and oxygen atoms in total. The number of methoxy groups -OCH3 is 1. The van der Waals surface area contributed by atoms with Gasteiger partial charge in [0.2, 0.25) is 5.88 Å². The number of carbonyl (C=O) groups is 1. The first-order valence-electron chi connectivity index (χ1n) is 10.5. The number of fused-ring (bicyclic) bond motifs is 1. The van der Waals surface area contributed by atoms with Crippen molar-refractivity contribution in [3.8, 4) is 28.8 Å². The highest BCUT2D eigenvalue weighted by Gasteiger charge is 2.14. The molecule has 4 aromatic rings. The maximum atomic E-state index is 12.3. The number of ether oxygens (including phenoxy) is 3. The van der Waals surface area contributed by atoms with E-state index in [1.54, 1.807) is 30.7 Å². The van der Waals surface area contributed by atoms with E-state index in [0.29, 0.717) is 29.6 Å². The van der Waals surface area contributed by atoms with Crippen LogP contribution in [0.25, 0.3) is 17.0 Å². The predicted molar refractivity (Wildman–Crippen MR) is 123 cm³/mol. The third-order valence-electron chi connectivity index (χ3n) is 4.91. The Morgan fingerprint density at radius 1 is 1.06 bits per heavy atom. The third kappa shape index (κ3) is 5.38. The number of benzene rings is 2. The second kappa shape index (κ2) is 9.99. The van der Waals surface area contributed by atoms with Crippen molar-refractivity contribution < 1.29 is 19.0 Å². The molecule has 0 fully saturated rings. The molecule has 0 aliphatic rings. The standard InChI is InChI=1S/C24H25N5O4/c1-16-5-4-6-20(15-16)33-17(2)24(30)25-13-14-32-22-12-11-21-26-27-23(29(21)28-22)18-7-9-19(31-3)10-8-18/h4-12,15,17H,13-14H2,1-3H3,(H,25,30). The maximum Gasteiger partial charge on any atom is 0.260 e. The first-order valence-corrected chi connectivity index (χ1v) is 10.5. The van der Waals surface area contributed by atoms with Crippen molar-refractivity contribution in [2.75, 3.05) is 20.3 Å². The largest absolute Gasteiger partial charge is 0.497 e. The molecule has 0 radical (unpaired) electrons. The van der Waals surface area contributed by atoms with Crippen molar-refractivity contribution in [1.29, 1.82) is 0 Å². The van der Waals surface area contributed by atoms with Crippen molar-refractivity contribution in [2.45, 2.75) is 20.0 Å². The minimum absolute atomic E-state index is 0.218. The fourth-order valence-corrected chi connectivity index (χ4v) is 3.19. The molecule has 2 heterocycles. The summed E-state index contributed by atoms with van der Waals surface area (Å²) in [6, 6.07) is 18.5. The molecule has 0 aliphatic carbocycles. The zero-order valence-corrected chi connectivity index (χ0v) is 18.7. The summed E-state index contributed by atoms with van der Waals surface area (Å²) in [5, 5.41) is 15.7. The van der Waals surface area contributed by atoms with E-state index in [0.717, 1.165) is 16.9 Å². The molecule has 2 aromatic heterocycles. The Labute approximate surface area is 191 Å². The van der Waals surface area contributed by atoms with Gasteiger partial charge >= 0.3 is 0 Å². The number of hydrogen-bond acceptors (Lipinski definition) is 7. The highest BCUT2D eigenvalue weighted by atomic mass is 16.5. The van der Waals surface area contributed by atoms with Crippen molar-refractivity contribution in [2.24, 2.45) is 0 Å². The summed E-state index contributed by atoms with van der Waals surface area (Å²) >= 11 is 0. The van der Waals surface area contributed by atoms with Crippen LogP contribution in [0, 0.1) is 6.92 Å². The van der Waals surface area contributed by atoms with Gasteiger partial charge in [0.05, 0.1) is 13.7 Å². The van der Waals surface area contributed by atoms with E-state index >= 15 is 0 Å². The molecule has 2 aromatic carbocycles. The summed E-state index contributed by atoms with van der Waals surface area (Å²) in [4.78, 5) is 12.3. The minimum atomic E-state index is -0.620. The van der Waals surface area contributed by atoms with Crippen molar-refractivity contribution in [3.05, 3.63) is 66.2 Å². The minimum Gasteiger partial charge on any atom is -0.497 e. The second-order valence-electron chi connectivity index (χ2n) is 7.41. The summed E-state index contributed by atoms with van der Waals surface area (Å²) in [6.45, 7) is 4.25. The number of amides is 1. The van der Waals surface area contributed by atoms with Crippen LogP contribution < -0.4 is 19.5 Å². The Balaban J connectivity index is 1.32. The highest BCUT2D eigenvalue weighted by Crippen LogP contribution is 2.22. The van der Waals surface area contributed by atoms with Gasteiger partial charge in [-0.15, -0.1) is 15.3 Å². The molecule has 0 saturated carbocycles. The topological polar surface area (TPSA) is 99.9 Å². The van der Waals surface area contributed by atoms with Gasteiger partial charge < -0.3 is 19.5 Å². The van der Waals surface area contributed by atoms with E-state index in [1.807, 2.05) is 55.5 Å². The first kappa shape index (κ1) is 22.1. The first-order chi connectivity index (χ1) is 16.0. The summed E-state index contributed by atoms with van der Waals surface area (Å²) in [6.07, 6.45) is -0.620. The molecule has 1 unspecified atom stereocenters. The Morgan fingerprint density at radius 3 is 2.64 bits per heavy atom. The second-order valence-corrected chi connectivity index (χ2v) is 7.41. The van der Waals surface area contributed by atoms with Gasteiger partial charge in [-0.25, -0.2) is 0 Å². The van der Waals surface area contributed by atoms with Crippen molar-refractivity contribution >= 4 is 11.6 Å². The molecule has 4 rings (SSSR count). The maximum absolute atomic E-state index is 12.3. The molecule has 170 valence electrons. The van der Waals surface area contributed by atoms with Crippen molar-refractivity contribution in [3.63, 3.8) is 0 Å². The third-order valence-corrected chi connectivity index (χ3v) is 4.91. The SMILES string of the molecule is COc1ccc(-c2nnc3ccc(OCCNC(=O)C(C)Oc4cccc(C)c4)nn23)cc1. The molecular formula is C24H25N5O4. The normalized spacial score (nSPS) is 11.7. The Bertz CT molecular complexity index is 1240. The summed E-state index contributed by atoms with van der Waals surface area (Å²) < 4.78 is 18.2. The van der Waals surface area contributed by atoms with E-state index in [-0.39, 0.29) is 12.5 Å². The van der Waals surface area contributed by atoms with Crippen LogP contribution in [-0.2, 0) is 4.79 Å². The number of rotatable bonds is 9. The molecule has 33 heavy (non-hydrogen) atoms. The van der Waals surface area contributed by atoms with E-state index in [2.05, 4.69) is 20.6 Å². The van der Waals surface area contributed by atoms with Gasteiger partial charge in [0.25, 0.3) is 5.91 Å². The number of nitrogens with one attached hydrogen (secondary N) is 1. The molecule has 0 bridgehead atoms. The van der Waals surface area contributed by atoms with Crippen LogP contribution in [0.15, 0.2) is 60.7 Å². The number of aryl methyl sites for hydroxylation is 1. The average Bonchev–Trinajstić information content (AvgIpc) is 3.25. The van der Waals surface area contributed by atoms with Gasteiger partial charge in [-0.2, -0.15) is 4.52 Å². The van der Waals surface area contributed by atoms with Gasteiger partial charge in [-0.05, 0) is 61.9 Å². The summed E-state index contributed by atoms with van der Waals surface area (Å²) in [5.41, 5.74) is 2.52. The van der Waals surface area contributed by atoms with Gasteiger partial charge in [0, 0.05) is 11.6 Å². The molecule has 1 atom stereocenters. The Kier molecular flexibility index (Phi) is 6.68. The number of carbonyl (C=O) groups excluding carboxylic acids is 1. The Morgan fingerprint density at radius 2 is 1.88 bits per heavy atom. The lowest BCUT2D eigenvalue weighted by Crippen LogP contribution is -2.38. The number of nitrogens with zero attached hydrogens (tertiary/aromatic N) is 4. The van der Waals surface area contributed by atoms with E-state index in [1.165, 1.54) is 0 Å². The predicted octanol–water partition coefficient (Wildman–Crippen LogP) is 3.07. The van der Waals surface area contributed by atoms with Crippen molar-refractivity contribution in [1.82, 2.24) is 25.1 Å². The highest BCUT2D eigenvalue weighted by molar-refractivity contribution is 5.80. The Hall–Kier alpha value is -4.14. The quantitative estimate of drug-likeness (QED) is 0.394. The fraction of sp³-hybridized carbons (Fsp3) is 0.250. The van der Waals surface area contributed by atoms with Crippen LogP contribution in [0.1, 0.15) is 12.5 Å². The molecule has 1 amide bonds. The lowest BCUT2D eigenvalue weighted by Gasteiger charge is -2.15. The zero-order valence-electron chi connectivity index (χ0n) is 18.7. The van der Waals surface area contributed by atoms with E-state index in [9.17, 15) is 4.79 Å². The van der Waals surface area contributed by atoms with Crippen LogP contribution in [0.3, 0.4) is 0 Å². The van der Waals surface area contributed by atoms with E-state index in [4.69, 9.17) is 14.2 Å². The van der Waals surface area contributed by atoms with Gasteiger partial charge in [0.1, 0.15) is 18.1 Å². The lowest BCUT2D eigenvalue weighted by atomic mass is 10.2. The van der Waals surface area contributed by atoms with Crippen LogP contribution in [0.4, 0.5) is 0 Å². The molecule has 0 aliphatic heterocycles. The summed E-state index contributed by atoms with van der Waals surface area (Å²) in [5.74, 6) is 2.19. The monoisotopic (exact) mass is 447 g/mol. The molecular weight excluding hydrogens is 422 g/mol. The van der Waals surface area contributed by atoms with Crippen LogP contribution in [-0.4, -0.2) is 52.1 Å². The fourth-order valence-electron chi connectivity index (χ4n) is 3.19. The van der Waals surface area contributed by atoms with Gasteiger partial charge in [-0.3, -0.25) is 4.79 Å². The average molecular weight is 447 g/mol. The number of aromatic nitrogens is 4. The van der Waals surface area contributed by atoms with Gasteiger partial charge in [0.15, 0.2) is 17.6 Å². The molecule has 0 saturated heterocycles. The number of hydrogen-bond donors (Lipinski definition) is 1. The zero-order chi connectivity index (χ0) is 23.2. The van der Waals surface area contributed by atoms with Crippen LogP contribution >= 0.6 is 0 Å². The molecule has 0 spiro atoms. The molecule has 1 N–H and O–H groups in total. The van der Waals surface area contributed by atoms with Crippen LogP contribution in [0.2, 0.25) is 0 Å². The van der Waals surface area contributed by atoms with E-state index < -0.39 is 6.10 Å². The smallest absolute Gasteiger partial charge is 0.260 e. The molecule has 9 heteroatoms. The summed E-state index contributed by atoms with van der Waals surface area (Å²) in [7, 11) is 1.62. The van der Waals surface area contributed by atoms with Crippen LogP contribution in [0.5, 0.6) is 17.4 Å².